The topological polar surface area (TPSA) is 77.0 Å². The van der Waals surface area contributed by atoms with Crippen LogP contribution >= 0.6 is 12.2 Å². The predicted molar refractivity (Wildman–Crippen MR) is 101 cm³/mol. The van der Waals surface area contributed by atoms with E-state index in [-0.39, 0.29) is 11.4 Å². The van der Waals surface area contributed by atoms with E-state index in [0.29, 0.717) is 28.3 Å². The number of aliphatic carboxylic acids is 1. The van der Waals surface area contributed by atoms with Crippen molar-refractivity contribution < 1.29 is 28.5 Å². The molecule has 0 fully saturated rings. The monoisotopic (exact) mass is 391 g/mol. The fourth-order valence-corrected chi connectivity index (χ4v) is 3.28. The van der Waals surface area contributed by atoms with Gasteiger partial charge in [0.2, 0.25) is 0 Å². The third-order valence-electron chi connectivity index (χ3n) is 4.22. The Kier molecular flexibility index (Phi) is 5.57. The number of carboxylic acids is 1. The maximum Gasteiger partial charge on any atom is 0.306 e. The van der Waals surface area contributed by atoms with Gasteiger partial charge in [-0.2, -0.15) is 0 Å². The van der Waals surface area contributed by atoms with Crippen LogP contribution in [0.5, 0.6) is 11.5 Å². The highest BCUT2D eigenvalue weighted by atomic mass is 32.1. The third kappa shape index (κ3) is 3.86. The second kappa shape index (κ2) is 7.89. The number of carbonyl (C=O) groups is 1. The Bertz CT molecular complexity index is 888. The van der Waals surface area contributed by atoms with E-state index in [4.69, 9.17) is 26.4 Å². The van der Waals surface area contributed by atoms with Gasteiger partial charge in [-0.25, -0.2) is 4.39 Å². The lowest BCUT2D eigenvalue weighted by atomic mass is 9.98. The number of methoxy groups -OCH3 is 2. The summed E-state index contributed by atoms with van der Waals surface area (Å²) in [6, 6.07) is 9.41. The van der Waals surface area contributed by atoms with E-state index in [1.807, 2.05) is 0 Å². The van der Waals surface area contributed by atoms with Crippen LogP contribution in [0, 0.1) is 5.82 Å². The number of anilines is 1. The molecule has 0 spiro atoms. The minimum absolute atomic E-state index is 0.217. The Morgan fingerprint density at radius 1 is 1.26 bits per heavy atom. The minimum Gasteiger partial charge on any atom is -0.493 e. The van der Waals surface area contributed by atoms with E-state index in [9.17, 15) is 14.3 Å². The quantitative estimate of drug-likeness (QED) is 0.755. The SMILES string of the molecule is COc1cccc([C@@H]2O[C@@H](CC(=O)O)C(=S)Nc3ccc(F)cc32)c1OC. The summed E-state index contributed by atoms with van der Waals surface area (Å²) in [7, 11) is 3.00. The number of carboxylic acid groups (broad SMARTS) is 1. The van der Waals surface area contributed by atoms with Crippen LogP contribution in [-0.2, 0) is 9.53 Å². The fourth-order valence-electron chi connectivity index (χ4n) is 3.04. The molecule has 1 heterocycles. The molecule has 1 aliphatic heterocycles. The van der Waals surface area contributed by atoms with Crippen LogP contribution in [0.15, 0.2) is 36.4 Å². The number of benzene rings is 2. The van der Waals surface area contributed by atoms with Gasteiger partial charge >= 0.3 is 5.97 Å². The number of para-hydroxylation sites is 1. The Labute approximate surface area is 160 Å². The Balaban J connectivity index is 2.18. The lowest BCUT2D eigenvalue weighted by Gasteiger charge is -2.24. The molecule has 2 N–H and O–H groups in total. The number of nitrogens with one attached hydrogen (secondary N) is 1. The van der Waals surface area contributed by atoms with Crippen LogP contribution in [0.4, 0.5) is 10.1 Å². The second-order valence-corrected chi connectivity index (χ2v) is 6.35. The summed E-state index contributed by atoms with van der Waals surface area (Å²) in [6.07, 6.45) is -2.03. The molecule has 2 aromatic carbocycles. The lowest BCUT2D eigenvalue weighted by Crippen LogP contribution is -2.30. The number of hydrogen-bond acceptors (Lipinski definition) is 5. The highest BCUT2D eigenvalue weighted by Gasteiger charge is 2.33. The van der Waals surface area contributed by atoms with Gasteiger partial charge in [-0.05, 0) is 24.3 Å². The number of hydrogen-bond donors (Lipinski definition) is 2. The van der Waals surface area contributed by atoms with Gasteiger partial charge in [0, 0.05) is 16.8 Å². The summed E-state index contributed by atoms with van der Waals surface area (Å²) >= 11 is 5.30. The van der Waals surface area contributed by atoms with E-state index in [1.54, 1.807) is 24.3 Å². The average Bonchev–Trinajstić information content (AvgIpc) is 2.77. The van der Waals surface area contributed by atoms with Crippen LogP contribution < -0.4 is 14.8 Å². The smallest absolute Gasteiger partial charge is 0.306 e. The number of fused-ring (bicyclic) bond motifs is 1. The third-order valence-corrected chi connectivity index (χ3v) is 4.59. The molecule has 8 heteroatoms. The summed E-state index contributed by atoms with van der Waals surface area (Å²) in [4.78, 5) is 11.5. The molecular weight excluding hydrogens is 373 g/mol. The Morgan fingerprint density at radius 2 is 2.04 bits per heavy atom. The van der Waals surface area contributed by atoms with Crippen LogP contribution in [0.2, 0.25) is 0 Å². The first-order chi connectivity index (χ1) is 12.9. The number of thiocarbonyl (C=S) groups is 1. The van der Waals surface area contributed by atoms with Gasteiger partial charge in [0.15, 0.2) is 11.5 Å². The van der Waals surface area contributed by atoms with Gasteiger partial charge in [-0.3, -0.25) is 4.79 Å². The van der Waals surface area contributed by atoms with Gasteiger partial charge in [-0.15, -0.1) is 0 Å². The molecule has 2 atom stereocenters. The van der Waals surface area contributed by atoms with E-state index < -0.39 is 24.0 Å². The molecule has 27 heavy (non-hydrogen) atoms. The standard InChI is InChI=1S/C19H18FNO5S/c1-24-14-5-3-4-11(18(14)25-2)17-12-8-10(20)6-7-13(12)21-19(27)15(26-17)9-16(22)23/h3-8,15,17H,9H2,1-2H3,(H,21,27)(H,22,23)/t15-,17-/m0/s1. The number of rotatable bonds is 5. The molecular formula is C19H18FNO5S. The zero-order valence-corrected chi connectivity index (χ0v) is 15.5. The van der Waals surface area contributed by atoms with Crippen molar-refractivity contribution >= 4 is 28.9 Å². The van der Waals surface area contributed by atoms with Crippen molar-refractivity contribution in [2.45, 2.75) is 18.6 Å². The summed E-state index contributed by atoms with van der Waals surface area (Å²) in [5.74, 6) is -0.612. The van der Waals surface area contributed by atoms with Crippen molar-refractivity contribution in [2.24, 2.45) is 0 Å². The summed E-state index contributed by atoms with van der Waals surface area (Å²) < 4.78 is 30.9. The van der Waals surface area contributed by atoms with E-state index >= 15 is 0 Å². The summed E-state index contributed by atoms with van der Waals surface area (Å²) in [6.45, 7) is 0. The zero-order valence-electron chi connectivity index (χ0n) is 14.7. The summed E-state index contributed by atoms with van der Waals surface area (Å²) in [5, 5.41) is 12.2. The van der Waals surface area contributed by atoms with Crippen molar-refractivity contribution in [1.82, 2.24) is 0 Å². The first-order valence-electron chi connectivity index (χ1n) is 8.13. The fraction of sp³-hybridized carbons (Fsp3) is 0.263. The van der Waals surface area contributed by atoms with Gasteiger partial charge in [-0.1, -0.05) is 24.4 Å². The van der Waals surface area contributed by atoms with Crippen molar-refractivity contribution in [1.29, 1.82) is 0 Å². The molecule has 0 saturated carbocycles. The maximum absolute atomic E-state index is 14.0. The normalized spacial score (nSPS) is 18.9. The Hall–Kier alpha value is -2.71. The molecule has 0 radical (unpaired) electrons. The van der Waals surface area contributed by atoms with Gasteiger partial charge in [0.25, 0.3) is 0 Å². The molecule has 3 rings (SSSR count). The molecule has 0 saturated heterocycles. The molecule has 0 bridgehead atoms. The van der Waals surface area contributed by atoms with Crippen LogP contribution in [0.3, 0.4) is 0 Å². The number of halogens is 1. The molecule has 0 amide bonds. The van der Waals surface area contributed by atoms with Crippen molar-refractivity contribution in [3.8, 4) is 11.5 Å². The largest absolute Gasteiger partial charge is 0.493 e. The van der Waals surface area contributed by atoms with Crippen LogP contribution in [0.1, 0.15) is 23.7 Å². The first-order valence-corrected chi connectivity index (χ1v) is 8.54. The summed E-state index contributed by atoms with van der Waals surface area (Å²) in [5.41, 5.74) is 1.60. The van der Waals surface area contributed by atoms with Crippen LogP contribution in [0.25, 0.3) is 0 Å². The number of ether oxygens (including phenoxy) is 3. The second-order valence-electron chi connectivity index (χ2n) is 5.91. The molecule has 142 valence electrons. The predicted octanol–water partition coefficient (Wildman–Crippen LogP) is 3.55. The lowest BCUT2D eigenvalue weighted by molar-refractivity contribution is -0.139. The molecule has 6 nitrogen and oxygen atoms in total. The van der Waals surface area contributed by atoms with Gasteiger partial charge in [0.1, 0.15) is 23.0 Å². The zero-order chi connectivity index (χ0) is 19.6. The highest BCUT2D eigenvalue weighted by Crippen LogP contribution is 2.43. The van der Waals surface area contributed by atoms with Crippen molar-refractivity contribution in [3.05, 3.63) is 53.3 Å². The van der Waals surface area contributed by atoms with Crippen LogP contribution in [-0.4, -0.2) is 36.4 Å². The van der Waals surface area contributed by atoms with E-state index in [1.165, 1.54) is 26.4 Å². The molecule has 0 aliphatic carbocycles. The average molecular weight is 391 g/mol. The molecule has 0 unspecified atom stereocenters. The Morgan fingerprint density at radius 3 is 2.70 bits per heavy atom. The maximum atomic E-state index is 14.0. The minimum atomic E-state index is -1.06. The molecule has 1 aliphatic rings. The first kappa shape index (κ1) is 19.1. The van der Waals surface area contributed by atoms with Crippen molar-refractivity contribution in [2.75, 3.05) is 19.5 Å². The molecule has 0 aromatic heterocycles. The molecule has 2 aromatic rings. The van der Waals surface area contributed by atoms with E-state index in [2.05, 4.69) is 5.32 Å². The van der Waals surface area contributed by atoms with Crippen molar-refractivity contribution in [3.63, 3.8) is 0 Å². The van der Waals surface area contributed by atoms with Gasteiger partial charge < -0.3 is 24.6 Å². The highest BCUT2D eigenvalue weighted by molar-refractivity contribution is 7.80. The van der Waals surface area contributed by atoms with E-state index in [0.717, 1.165) is 0 Å². The van der Waals surface area contributed by atoms with Gasteiger partial charge in [0.05, 0.1) is 20.6 Å².